The lowest BCUT2D eigenvalue weighted by molar-refractivity contribution is 0.0706. The second kappa shape index (κ2) is 5.14. The van der Waals surface area contributed by atoms with E-state index in [4.69, 9.17) is 5.73 Å². The molecule has 0 bridgehead atoms. The van der Waals surface area contributed by atoms with E-state index in [0.717, 1.165) is 5.69 Å². The lowest BCUT2D eigenvalue weighted by Crippen LogP contribution is -2.44. The fraction of sp³-hybridized carbons (Fsp3) is 0.643. The normalized spacial score (nSPS) is 16.9. The lowest BCUT2D eigenvalue weighted by atomic mass is 10.1. The number of amides is 1. The molecule has 1 aromatic heterocycles. The first-order valence-corrected chi connectivity index (χ1v) is 6.70. The Labute approximate surface area is 109 Å². The van der Waals surface area contributed by atoms with Crippen LogP contribution in [0.25, 0.3) is 0 Å². The van der Waals surface area contributed by atoms with Crippen LogP contribution in [0.1, 0.15) is 43.2 Å². The Morgan fingerprint density at radius 3 is 2.72 bits per heavy atom. The summed E-state index contributed by atoms with van der Waals surface area (Å²) in [5, 5.41) is 0. The van der Waals surface area contributed by atoms with E-state index in [1.165, 1.54) is 12.8 Å². The number of likely N-dealkylation sites (N-methyl/N-ethyl adjacent to an activating group) is 1. The van der Waals surface area contributed by atoms with E-state index < -0.39 is 0 Å². The molecule has 0 spiro atoms. The highest BCUT2D eigenvalue weighted by atomic mass is 16.2. The molecule has 4 heteroatoms. The number of carbonyl (C=O) groups is 1. The Hall–Kier alpha value is -1.29. The molecule has 18 heavy (non-hydrogen) atoms. The summed E-state index contributed by atoms with van der Waals surface area (Å²) < 4.78 is 2.01. The van der Waals surface area contributed by atoms with Gasteiger partial charge in [-0.2, -0.15) is 0 Å². The van der Waals surface area contributed by atoms with Crippen LogP contribution < -0.4 is 5.73 Å². The van der Waals surface area contributed by atoms with Crippen molar-refractivity contribution < 1.29 is 4.79 Å². The molecule has 0 saturated heterocycles. The molecule has 1 fully saturated rings. The van der Waals surface area contributed by atoms with Gasteiger partial charge in [0.25, 0.3) is 5.91 Å². The Bertz CT molecular complexity index is 420. The summed E-state index contributed by atoms with van der Waals surface area (Å²) in [5.74, 6) is 0.683. The first-order chi connectivity index (χ1) is 8.56. The van der Waals surface area contributed by atoms with E-state index in [1.54, 1.807) is 0 Å². The number of rotatable bonds is 5. The smallest absolute Gasteiger partial charge is 0.270 e. The van der Waals surface area contributed by atoms with Gasteiger partial charge >= 0.3 is 0 Å². The van der Waals surface area contributed by atoms with Crippen LogP contribution in [0.2, 0.25) is 0 Å². The Morgan fingerprint density at radius 2 is 2.22 bits per heavy atom. The van der Waals surface area contributed by atoms with Gasteiger partial charge in [0.15, 0.2) is 0 Å². The molecule has 2 N–H and O–H groups in total. The van der Waals surface area contributed by atoms with Crippen LogP contribution in [0.5, 0.6) is 0 Å². The van der Waals surface area contributed by atoms with Crippen LogP contribution in [-0.2, 0) is 0 Å². The lowest BCUT2D eigenvalue weighted by Gasteiger charge is -2.28. The summed E-state index contributed by atoms with van der Waals surface area (Å²) >= 11 is 0. The summed E-state index contributed by atoms with van der Waals surface area (Å²) in [4.78, 5) is 14.3. The number of carbonyl (C=O) groups excluding carboxylic acids is 1. The fourth-order valence-electron chi connectivity index (χ4n) is 2.50. The van der Waals surface area contributed by atoms with Crippen molar-refractivity contribution in [2.24, 2.45) is 11.7 Å². The van der Waals surface area contributed by atoms with E-state index in [2.05, 4.69) is 13.8 Å². The Morgan fingerprint density at radius 1 is 1.56 bits per heavy atom. The predicted octanol–water partition coefficient (Wildman–Crippen LogP) is 1.88. The van der Waals surface area contributed by atoms with Gasteiger partial charge < -0.3 is 15.2 Å². The highest BCUT2D eigenvalue weighted by Crippen LogP contribution is 2.35. The molecule has 1 aromatic rings. The van der Waals surface area contributed by atoms with Crippen molar-refractivity contribution >= 4 is 5.91 Å². The van der Waals surface area contributed by atoms with Crippen LogP contribution in [-0.4, -0.2) is 35.0 Å². The van der Waals surface area contributed by atoms with Crippen molar-refractivity contribution in [3.05, 3.63) is 24.0 Å². The maximum Gasteiger partial charge on any atom is 0.270 e. The average molecular weight is 249 g/mol. The van der Waals surface area contributed by atoms with Crippen molar-refractivity contribution in [1.82, 2.24) is 9.47 Å². The molecule has 1 aliphatic rings. The van der Waals surface area contributed by atoms with Gasteiger partial charge in [0.2, 0.25) is 0 Å². The molecule has 1 saturated carbocycles. The van der Waals surface area contributed by atoms with Crippen molar-refractivity contribution in [2.75, 3.05) is 13.6 Å². The minimum atomic E-state index is 0.0797. The van der Waals surface area contributed by atoms with E-state index >= 15 is 0 Å². The number of nitrogens with zero attached hydrogens (tertiary/aromatic N) is 2. The molecule has 4 nitrogen and oxygen atoms in total. The van der Waals surface area contributed by atoms with Crippen LogP contribution >= 0.6 is 0 Å². The number of hydrogen-bond acceptors (Lipinski definition) is 2. The Balaban J connectivity index is 2.16. The molecule has 100 valence electrons. The molecule has 0 aromatic carbocycles. The van der Waals surface area contributed by atoms with E-state index in [1.807, 2.05) is 34.8 Å². The summed E-state index contributed by atoms with van der Waals surface area (Å²) in [6.45, 7) is 4.71. The van der Waals surface area contributed by atoms with Crippen molar-refractivity contribution in [2.45, 2.75) is 38.8 Å². The van der Waals surface area contributed by atoms with Gasteiger partial charge in [0.05, 0.1) is 0 Å². The third kappa shape index (κ3) is 2.43. The predicted molar refractivity (Wildman–Crippen MR) is 72.5 cm³/mol. The maximum atomic E-state index is 12.5. The van der Waals surface area contributed by atoms with Gasteiger partial charge in [-0.1, -0.05) is 0 Å². The standard InChI is InChI=1S/C14H23N3O/c1-10(2)17-8-4-5-12(17)14(18)16(3)13(9-15)11-6-7-11/h4-5,8,10-11,13H,6-7,9,15H2,1-3H3. The zero-order valence-corrected chi connectivity index (χ0v) is 11.5. The largest absolute Gasteiger partial charge is 0.341 e. The first kappa shape index (κ1) is 13.1. The monoisotopic (exact) mass is 249 g/mol. The van der Waals surface area contributed by atoms with E-state index in [-0.39, 0.29) is 11.9 Å². The van der Waals surface area contributed by atoms with Crippen LogP contribution in [0.3, 0.4) is 0 Å². The van der Waals surface area contributed by atoms with Crippen LogP contribution in [0.4, 0.5) is 0 Å². The van der Waals surface area contributed by atoms with Crippen molar-refractivity contribution in [3.63, 3.8) is 0 Å². The summed E-state index contributed by atoms with van der Waals surface area (Å²) in [7, 11) is 1.87. The van der Waals surface area contributed by atoms with Crippen LogP contribution in [0, 0.1) is 5.92 Å². The number of nitrogens with two attached hydrogens (primary N) is 1. The zero-order chi connectivity index (χ0) is 13.3. The first-order valence-electron chi connectivity index (χ1n) is 6.70. The van der Waals surface area contributed by atoms with Gasteiger partial charge in [0.1, 0.15) is 5.69 Å². The molecule has 0 aliphatic heterocycles. The van der Waals surface area contributed by atoms with Gasteiger partial charge in [-0.15, -0.1) is 0 Å². The Kier molecular flexibility index (Phi) is 3.76. The summed E-state index contributed by atoms with van der Waals surface area (Å²) in [6.07, 6.45) is 4.36. The summed E-state index contributed by atoms with van der Waals surface area (Å²) in [5.41, 5.74) is 6.56. The van der Waals surface area contributed by atoms with Crippen molar-refractivity contribution in [3.8, 4) is 0 Å². The summed E-state index contributed by atoms with van der Waals surface area (Å²) in [6, 6.07) is 4.30. The van der Waals surface area contributed by atoms with Crippen molar-refractivity contribution in [1.29, 1.82) is 0 Å². The molecule has 2 rings (SSSR count). The van der Waals surface area contributed by atoms with Gasteiger partial charge in [0, 0.05) is 31.9 Å². The fourth-order valence-corrected chi connectivity index (χ4v) is 2.50. The third-order valence-electron chi connectivity index (χ3n) is 3.78. The molecule has 1 amide bonds. The molecule has 1 heterocycles. The zero-order valence-electron chi connectivity index (χ0n) is 11.5. The quantitative estimate of drug-likeness (QED) is 0.866. The minimum Gasteiger partial charge on any atom is -0.341 e. The highest BCUT2D eigenvalue weighted by molar-refractivity contribution is 5.93. The van der Waals surface area contributed by atoms with Gasteiger partial charge in [-0.25, -0.2) is 0 Å². The second-order valence-electron chi connectivity index (χ2n) is 5.45. The molecular weight excluding hydrogens is 226 g/mol. The topological polar surface area (TPSA) is 51.3 Å². The minimum absolute atomic E-state index is 0.0797. The van der Waals surface area contributed by atoms with Gasteiger partial charge in [-0.05, 0) is 44.7 Å². The third-order valence-corrected chi connectivity index (χ3v) is 3.78. The average Bonchev–Trinajstić information content (AvgIpc) is 3.04. The van der Waals surface area contributed by atoms with E-state index in [9.17, 15) is 4.79 Å². The second-order valence-corrected chi connectivity index (χ2v) is 5.45. The molecule has 0 radical (unpaired) electrons. The highest BCUT2D eigenvalue weighted by Gasteiger charge is 2.35. The molecule has 1 aliphatic carbocycles. The van der Waals surface area contributed by atoms with Gasteiger partial charge in [-0.3, -0.25) is 4.79 Å². The number of aromatic nitrogens is 1. The van der Waals surface area contributed by atoms with Crippen LogP contribution in [0.15, 0.2) is 18.3 Å². The van der Waals surface area contributed by atoms with E-state index in [0.29, 0.717) is 18.5 Å². The molecule has 1 unspecified atom stereocenters. The molecular formula is C14H23N3O. The number of hydrogen-bond donors (Lipinski definition) is 1. The SMILES string of the molecule is CC(C)n1cccc1C(=O)N(C)C(CN)C1CC1. The molecule has 1 atom stereocenters. The maximum absolute atomic E-state index is 12.5.